The number of rotatable bonds is 5. The zero-order valence-electron chi connectivity index (χ0n) is 11.5. The van der Waals surface area contributed by atoms with Gasteiger partial charge in [-0.25, -0.2) is 8.42 Å². The number of aromatic nitrogens is 1. The van der Waals surface area contributed by atoms with Gasteiger partial charge in [-0.3, -0.25) is 0 Å². The van der Waals surface area contributed by atoms with Crippen LogP contribution in [0, 0.1) is 5.92 Å². The normalized spacial score (nSPS) is 22.2. The van der Waals surface area contributed by atoms with Gasteiger partial charge in [0.05, 0.1) is 11.5 Å². The highest BCUT2D eigenvalue weighted by Crippen LogP contribution is 2.30. The van der Waals surface area contributed by atoms with E-state index in [2.05, 4.69) is 9.88 Å². The predicted molar refractivity (Wildman–Crippen MR) is 74.6 cm³/mol. The highest BCUT2D eigenvalue weighted by molar-refractivity contribution is 7.89. The summed E-state index contributed by atoms with van der Waals surface area (Å²) in [5.74, 6) is 0.843. The van der Waals surface area contributed by atoms with Gasteiger partial charge in [0.25, 0.3) is 0 Å². The SMILES string of the molecule is O=S(=O)(c1c[nH]c(CO)c1)N1CCN(CC2CC2)CC1. The third kappa shape index (κ3) is 2.90. The van der Waals surface area contributed by atoms with E-state index in [-0.39, 0.29) is 11.5 Å². The minimum absolute atomic E-state index is 0.176. The summed E-state index contributed by atoms with van der Waals surface area (Å²) in [5.41, 5.74) is 0.524. The van der Waals surface area contributed by atoms with Gasteiger partial charge in [-0.15, -0.1) is 0 Å². The molecule has 0 spiro atoms. The Labute approximate surface area is 119 Å². The van der Waals surface area contributed by atoms with Crippen molar-refractivity contribution < 1.29 is 13.5 Å². The van der Waals surface area contributed by atoms with Crippen molar-refractivity contribution >= 4 is 10.0 Å². The van der Waals surface area contributed by atoms with E-state index in [0.717, 1.165) is 25.6 Å². The maximum atomic E-state index is 12.5. The van der Waals surface area contributed by atoms with Gasteiger partial charge in [0.1, 0.15) is 0 Å². The topological polar surface area (TPSA) is 76.6 Å². The highest BCUT2D eigenvalue weighted by atomic mass is 32.2. The second-order valence-electron chi connectivity index (χ2n) is 5.67. The first-order valence-corrected chi connectivity index (χ1v) is 8.54. The molecule has 2 N–H and O–H groups in total. The molecule has 1 aliphatic heterocycles. The molecule has 0 unspecified atom stereocenters. The molecule has 20 heavy (non-hydrogen) atoms. The number of aromatic amines is 1. The molecular formula is C13H21N3O3S. The van der Waals surface area contributed by atoms with Crippen LogP contribution < -0.4 is 0 Å². The molecule has 0 aromatic carbocycles. The van der Waals surface area contributed by atoms with Crippen molar-refractivity contribution in [1.82, 2.24) is 14.2 Å². The Hall–Kier alpha value is -0.890. The molecule has 7 heteroatoms. The second kappa shape index (κ2) is 5.48. The largest absolute Gasteiger partial charge is 0.390 e. The Morgan fingerprint density at radius 2 is 1.95 bits per heavy atom. The van der Waals surface area contributed by atoms with Crippen molar-refractivity contribution in [3.05, 3.63) is 18.0 Å². The Kier molecular flexibility index (Phi) is 3.85. The van der Waals surface area contributed by atoms with E-state index in [1.807, 2.05) is 0 Å². The smallest absolute Gasteiger partial charge is 0.244 e. The Morgan fingerprint density at radius 3 is 2.50 bits per heavy atom. The molecule has 0 radical (unpaired) electrons. The number of sulfonamides is 1. The Bertz CT molecular complexity index is 557. The minimum atomic E-state index is -3.42. The maximum absolute atomic E-state index is 12.5. The van der Waals surface area contributed by atoms with Gasteiger partial charge < -0.3 is 15.0 Å². The summed E-state index contributed by atoms with van der Waals surface area (Å²) in [7, 11) is -3.42. The van der Waals surface area contributed by atoms with E-state index in [1.165, 1.54) is 25.1 Å². The molecule has 3 rings (SSSR count). The van der Waals surface area contributed by atoms with Crippen LogP contribution in [0.4, 0.5) is 0 Å². The fourth-order valence-corrected chi connectivity index (χ4v) is 4.07. The molecule has 2 aliphatic rings. The zero-order chi connectivity index (χ0) is 14.2. The molecule has 112 valence electrons. The zero-order valence-corrected chi connectivity index (χ0v) is 12.3. The van der Waals surface area contributed by atoms with Crippen LogP contribution in [0.2, 0.25) is 0 Å². The lowest BCUT2D eigenvalue weighted by Crippen LogP contribution is -2.48. The summed E-state index contributed by atoms with van der Waals surface area (Å²) in [6.07, 6.45) is 4.11. The van der Waals surface area contributed by atoms with E-state index in [9.17, 15) is 8.42 Å². The van der Waals surface area contributed by atoms with E-state index in [1.54, 1.807) is 4.31 Å². The summed E-state index contributed by atoms with van der Waals surface area (Å²) >= 11 is 0. The molecule has 2 heterocycles. The van der Waals surface area contributed by atoms with Crippen LogP contribution in [0.25, 0.3) is 0 Å². The molecule has 1 saturated carbocycles. The summed E-state index contributed by atoms with van der Waals surface area (Å²) in [6, 6.07) is 1.51. The van der Waals surface area contributed by atoms with Gasteiger partial charge in [0.15, 0.2) is 0 Å². The number of hydrogen-bond acceptors (Lipinski definition) is 4. The van der Waals surface area contributed by atoms with Crippen molar-refractivity contribution in [3.8, 4) is 0 Å². The number of aliphatic hydroxyl groups excluding tert-OH is 1. The summed E-state index contributed by atoms with van der Waals surface area (Å²) in [5, 5.41) is 9.01. The number of nitrogens with zero attached hydrogens (tertiary/aromatic N) is 2. The van der Waals surface area contributed by atoms with Crippen LogP contribution in [0.1, 0.15) is 18.5 Å². The van der Waals surface area contributed by atoms with Gasteiger partial charge in [0.2, 0.25) is 10.0 Å². The average molecular weight is 299 g/mol. The van der Waals surface area contributed by atoms with Crippen LogP contribution in [0.3, 0.4) is 0 Å². The molecule has 2 fully saturated rings. The van der Waals surface area contributed by atoms with Crippen LogP contribution >= 0.6 is 0 Å². The predicted octanol–water partition coefficient (Wildman–Crippen LogP) is 0.223. The third-order valence-corrected chi connectivity index (χ3v) is 5.95. The molecule has 1 aromatic heterocycles. The van der Waals surface area contributed by atoms with Gasteiger partial charge in [-0.1, -0.05) is 0 Å². The van der Waals surface area contributed by atoms with Gasteiger partial charge >= 0.3 is 0 Å². The lowest BCUT2D eigenvalue weighted by atomic mass is 10.3. The number of H-pyrrole nitrogens is 1. The standard InChI is InChI=1S/C13H21N3O3S/c17-10-12-7-13(8-14-12)20(18,19)16-5-3-15(4-6-16)9-11-1-2-11/h7-8,11,14,17H,1-6,9-10H2. The van der Waals surface area contributed by atoms with E-state index in [0.29, 0.717) is 18.8 Å². The summed E-state index contributed by atoms with van der Waals surface area (Å²) in [6.45, 7) is 3.67. The van der Waals surface area contributed by atoms with E-state index in [4.69, 9.17) is 5.11 Å². The van der Waals surface area contributed by atoms with Gasteiger partial charge in [0, 0.05) is 44.6 Å². The lowest BCUT2D eigenvalue weighted by molar-refractivity contribution is 0.182. The van der Waals surface area contributed by atoms with E-state index < -0.39 is 10.0 Å². The highest BCUT2D eigenvalue weighted by Gasteiger charge is 2.31. The van der Waals surface area contributed by atoms with Crippen molar-refractivity contribution in [2.45, 2.75) is 24.3 Å². The number of piperazine rings is 1. The number of hydrogen-bond donors (Lipinski definition) is 2. The Morgan fingerprint density at radius 1 is 1.25 bits per heavy atom. The van der Waals surface area contributed by atoms with Gasteiger partial charge in [-0.2, -0.15) is 4.31 Å². The first-order valence-electron chi connectivity index (χ1n) is 7.10. The first-order chi connectivity index (χ1) is 9.59. The van der Waals surface area contributed by atoms with Crippen LogP contribution in [-0.2, 0) is 16.6 Å². The second-order valence-corrected chi connectivity index (χ2v) is 7.60. The lowest BCUT2D eigenvalue weighted by Gasteiger charge is -2.33. The molecule has 0 amide bonds. The Balaban J connectivity index is 1.63. The molecule has 1 aliphatic carbocycles. The molecular weight excluding hydrogens is 278 g/mol. The molecule has 6 nitrogen and oxygen atoms in total. The van der Waals surface area contributed by atoms with E-state index >= 15 is 0 Å². The van der Waals surface area contributed by atoms with Gasteiger partial charge in [-0.05, 0) is 24.8 Å². The molecule has 1 aromatic rings. The first kappa shape index (κ1) is 14.1. The van der Waals surface area contributed by atoms with Crippen LogP contribution in [-0.4, -0.2) is 60.4 Å². The fourth-order valence-electron chi connectivity index (χ4n) is 2.63. The minimum Gasteiger partial charge on any atom is -0.390 e. The van der Waals surface area contributed by atoms with Crippen molar-refractivity contribution in [2.75, 3.05) is 32.7 Å². The summed E-state index contributed by atoms with van der Waals surface area (Å²) < 4.78 is 26.5. The maximum Gasteiger partial charge on any atom is 0.244 e. The fraction of sp³-hybridized carbons (Fsp3) is 0.692. The molecule has 1 saturated heterocycles. The molecule has 0 atom stereocenters. The number of aliphatic hydroxyl groups is 1. The van der Waals surface area contributed by atoms with Crippen molar-refractivity contribution in [1.29, 1.82) is 0 Å². The third-order valence-electron chi connectivity index (χ3n) is 4.07. The molecule has 0 bridgehead atoms. The van der Waals surface area contributed by atoms with Crippen molar-refractivity contribution in [3.63, 3.8) is 0 Å². The monoisotopic (exact) mass is 299 g/mol. The van der Waals surface area contributed by atoms with Crippen LogP contribution in [0.5, 0.6) is 0 Å². The van der Waals surface area contributed by atoms with Crippen LogP contribution in [0.15, 0.2) is 17.2 Å². The number of nitrogens with one attached hydrogen (secondary N) is 1. The average Bonchev–Trinajstić information content (AvgIpc) is 3.12. The quantitative estimate of drug-likeness (QED) is 0.815. The van der Waals surface area contributed by atoms with Crippen molar-refractivity contribution in [2.24, 2.45) is 5.92 Å². The summed E-state index contributed by atoms with van der Waals surface area (Å²) in [4.78, 5) is 5.39.